The maximum Gasteiger partial charge on any atom is 0.500 e. The first-order valence-corrected chi connectivity index (χ1v) is 29.4. The van der Waals surface area contributed by atoms with E-state index in [2.05, 4.69) is 102 Å². The van der Waals surface area contributed by atoms with Gasteiger partial charge in [-0.05, 0) is 88.0 Å². The highest BCUT2D eigenvalue weighted by molar-refractivity contribution is 6.92. The molecule has 0 bridgehead atoms. The lowest BCUT2D eigenvalue weighted by Gasteiger charge is -2.52. The van der Waals surface area contributed by atoms with E-state index < -0.39 is 42.6 Å². The first-order valence-electron chi connectivity index (χ1n) is 16.8. The summed E-state index contributed by atoms with van der Waals surface area (Å²) in [5.41, 5.74) is 0. The zero-order valence-electron chi connectivity index (χ0n) is 31.5. The molecule has 0 aliphatic carbocycles. The number of hydrogen-bond acceptors (Lipinski definition) is 6. The van der Waals surface area contributed by atoms with Gasteiger partial charge in [-0.15, -0.1) is 0 Å². The van der Waals surface area contributed by atoms with E-state index in [0.717, 1.165) is 37.8 Å². The van der Waals surface area contributed by atoms with Crippen molar-refractivity contribution >= 4 is 42.6 Å². The third kappa shape index (κ3) is 13.3. The summed E-state index contributed by atoms with van der Waals surface area (Å²) in [6.07, 6.45) is 5.58. The molecule has 0 atom stereocenters. The molecule has 0 fully saturated rings. The predicted molar refractivity (Wildman–Crippen MR) is 194 cm³/mol. The van der Waals surface area contributed by atoms with E-state index in [-0.39, 0.29) is 15.1 Å². The van der Waals surface area contributed by atoms with Crippen LogP contribution in [0.1, 0.15) is 115 Å². The van der Waals surface area contributed by atoms with Gasteiger partial charge in [0, 0.05) is 31.9 Å². The largest absolute Gasteiger partial charge is 0.500 e. The van der Waals surface area contributed by atoms with Crippen LogP contribution in [0.15, 0.2) is 0 Å². The number of hydrogen-bond donors (Lipinski definition) is 0. The van der Waals surface area contributed by atoms with Crippen LogP contribution in [0.2, 0.25) is 66.5 Å². The highest BCUT2D eigenvalue weighted by Gasteiger charge is 2.57. The maximum atomic E-state index is 7.46. The molecule has 0 saturated heterocycles. The molecule has 254 valence electrons. The van der Waals surface area contributed by atoms with E-state index in [1.54, 1.807) is 0 Å². The highest BCUT2D eigenvalue weighted by atomic mass is 28.5. The second kappa shape index (κ2) is 16.6. The van der Waals surface area contributed by atoms with E-state index >= 15 is 0 Å². The Morgan fingerprint density at radius 3 is 0.857 bits per heavy atom. The Balaban J connectivity index is 6.02. The van der Waals surface area contributed by atoms with Crippen molar-refractivity contribution in [3.8, 4) is 0 Å². The van der Waals surface area contributed by atoms with Crippen molar-refractivity contribution in [1.82, 2.24) is 0 Å². The van der Waals surface area contributed by atoms with Gasteiger partial charge in [-0.3, -0.25) is 0 Å². The van der Waals surface area contributed by atoms with Crippen molar-refractivity contribution in [2.45, 2.75) is 182 Å². The van der Waals surface area contributed by atoms with Gasteiger partial charge in [0.15, 0.2) is 25.0 Å². The molecule has 0 heterocycles. The summed E-state index contributed by atoms with van der Waals surface area (Å²) in [4.78, 5) is 0. The van der Waals surface area contributed by atoms with Gasteiger partial charge in [0.05, 0.1) is 0 Å². The minimum atomic E-state index is -3.03. The Labute approximate surface area is 268 Å². The third-order valence-electron chi connectivity index (χ3n) is 9.71. The van der Waals surface area contributed by atoms with E-state index in [4.69, 9.17) is 25.6 Å². The summed E-state index contributed by atoms with van der Waals surface area (Å²) >= 11 is 0. The summed E-state index contributed by atoms with van der Waals surface area (Å²) in [5, 5.41) is 0.241. The molecule has 0 unspecified atom stereocenters. The Hall–Kier alpha value is 0.844. The standard InChI is InChI=1S/C31H74O6Si5/c1-19-32-41(33-20-2,34-21-3)27-25-23-22-24-26-28-42(35-38(13,14)29(4,5)6,36-39(15,16)30(7,8)9)37-40(17,18)31(10,11)12/h19-28H2,1-18H3. The van der Waals surface area contributed by atoms with Crippen LogP contribution in [0.5, 0.6) is 0 Å². The molecule has 0 spiro atoms. The normalized spacial score (nSPS) is 15.0. The lowest BCUT2D eigenvalue weighted by Crippen LogP contribution is -2.65. The molecule has 0 aromatic heterocycles. The van der Waals surface area contributed by atoms with E-state index in [1.165, 1.54) is 6.42 Å². The van der Waals surface area contributed by atoms with Crippen LogP contribution >= 0.6 is 0 Å². The lowest BCUT2D eigenvalue weighted by atomic mass is 10.2. The highest BCUT2D eigenvalue weighted by Crippen LogP contribution is 2.47. The minimum Gasteiger partial charge on any atom is -0.416 e. The lowest BCUT2D eigenvalue weighted by molar-refractivity contribution is 0.0706. The van der Waals surface area contributed by atoms with Gasteiger partial charge in [0.1, 0.15) is 0 Å². The Bertz CT molecular complexity index is 683. The van der Waals surface area contributed by atoms with Gasteiger partial charge in [0.25, 0.3) is 0 Å². The second-order valence-corrected chi connectivity index (χ2v) is 37.1. The number of unbranched alkanes of at least 4 members (excludes halogenated alkanes) is 4. The first-order chi connectivity index (χ1) is 18.8. The molecule has 6 nitrogen and oxygen atoms in total. The molecule has 0 N–H and O–H groups in total. The van der Waals surface area contributed by atoms with Crippen LogP contribution in [-0.2, 0) is 25.6 Å². The second-order valence-electron chi connectivity index (χ2n) is 16.5. The van der Waals surface area contributed by atoms with Crippen LogP contribution in [0.4, 0.5) is 0 Å². The fourth-order valence-corrected chi connectivity index (χ4v) is 23.3. The van der Waals surface area contributed by atoms with Crippen molar-refractivity contribution in [3.05, 3.63) is 0 Å². The fourth-order valence-electron chi connectivity index (χ4n) is 4.06. The van der Waals surface area contributed by atoms with Crippen LogP contribution in [0, 0.1) is 0 Å². The van der Waals surface area contributed by atoms with Gasteiger partial charge in [0.2, 0.25) is 0 Å². The molecular weight excluding hydrogens is 609 g/mol. The van der Waals surface area contributed by atoms with E-state index in [9.17, 15) is 0 Å². The van der Waals surface area contributed by atoms with Gasteiger partial charge >= 0.3 is 17.6 Å². The molecule has 0 aromatic rings. The van der Waals surface area contributed by atoms with Crippen molar-refractivity contribution in [2.24, 2.45) is 0 Å². The molecule has 11 heteroatoms. The predicted octanol–water partition coefficient (Wildman–Crippen LogP) is 11.0. The summed E-state index contributed by atoms with van der Waals surface area (Å²) in [7, 11) is -12.1. The van der Waals surface area contributed by atoms with Crippen molar-refractivity contribution in [1.29, 1.82) is 0 Å². The zero-order valence-corrected chi connectivity index (χ0v) is 36.5. The Kier molecular flexibility index (Phi) is 16.9. The third-order valence-corrected chi connectivity index (χ3v) is 34.5. The van der Waals surface area contributed by atoms with Crippen LogP contribution < -0.4 is 0 Å². The molecular formula is C31H74O6Si5. The van der Waals surface area contributed by atoms with E-state index in [0.29, 0.717) is 19.8 Å². The summed E-state index contributed by atoms with van der Waals surface area (Å²) < 4.78 is 40.6. The monoisotopic (exact) mass is 682 g/mol. The average Bonchev–Trinajstić information content (AvgIpc) is 2.75. The smallest absolute Gasteiger partial charge is 0.416 e. The molecule has 0 aliphatic rings. The molecule has 0 saturated carbocycles. The van der Waals surface area contributed by atoms with Crippen molar-refractivity contribution in [2.75, 3.05) is 19.8 Å². The topological polar surface area (TPSA) is 55.4 Å². The molecule has 0 aromatic carbocycles. The van der Waals surface area contributed by atoms with Crippen LogP contribution in [-0.4, -0.2) is 62.4 Å². The SMILES string of the molecule is CCO[Si](CCCCCCC[Si](O[Si](C)(C)C(C)(C)C)(O[Si](C)(C)C(C)(C)C)O[Si](C)(C)C(C)(C)C)(OCC)OCC. The van der Waals surface area contributed by atoms with Crippen molar-refractivity contribution < 1.29 is 25.6 Å². The van der Waals surface area contributed by atoms with Gasteiger partial charge < -0.3 is 25.6 Å². The quantitative estimate of drug-likeness (QED) is 0.0941. The summed E-state index contributed by atoms with van der Waals surface area (Å²) in [6, 6.07) is 1.78. The number of rotatable bonds is 20. The fraction of sp³-hybridized carbons (Fsp3) is 1.00. The Morgan fingerprint density at radius 1 is 0.381 bits per heavy atom. The molecule has 0 rings (SSSR count). The molecule has 0 aliphatic heterocycles. The van der Waals surface area contributed by atoms with Gasteiger partial charge in [-0.2, -0.15) is 0 Å². The first kappa shape index (κ1) is 42.8. The summed E-state index contributed by atoms with van der Waals surface area (Å²) in [5.74, 6) is 0. The van der Waals surface area contributed by atoms with Gasteiger partial charge in [-0.25, -0.2) is 0 Å². The van der Waals surface area contributed by atoms with Crippen LogP contribution in [0.25, 0.3) is 0 Å². The maximum absolute atomic E-state index is 7.46. The van der Waals surface area contributed by atoms with Gasteiger partial charge in [-0.1, -0.05) is 81.6 Å². The Morgan fingerprint density at radius 2 is 0.619 bits per heavy atom. The minimum absolute atomic E-state index is 0.0803. The van der Waals surface area contributed by atoms with Crippen molar-refractivity contribution in [3.63, 3.8) is 0 Å². The molecule has 42 heavy (non-hydrogen) atoms. The average molecular weight is 683 g/mol. The zero-order chi connectivity index (χ0) is 33.3. The van der Waals surface area contributed by atoms with Crippen LogP contribution in [0.3, 0.4) is 0 Å². The molecule has 0 radical (unpaired) electrons. The molecule has 0 amide bonds. The summed E-state index contributed by atoms with van der Waals surface area (Å²) in [6.45, 7) is 43.1. The van der Waals surface area contributed by atoms with E-state index in [1.807, 2.05) is 20.8 Å².